The zero-order chi connectivity index (χ0) is 16.6. The molecule has 2 aromatic carbocycles. The number of nitrogens with zero attached hydrogens (tertiary/aromatic N) is 1. The second kappa shape index (κ2) is 6.19. The molecule has 0 unspecified atom stereocenters. The van der Waals surface area contributed by atoms with Crippen molar-refractivity contribution in [2.75, 3.05) is 6.54 Å². The van der Waals surface area contributed by atoms with Gasteiger partial charge in [0, 0.05) is 6.54 Å². The van der Waals surface area contributed by atoms with Crippen LogP contribution in [-0.2, 0) is 10.0 Å². The topological polar surface area (TPSA) is 37.4 Å². The van der Waals surface area contributed by atoms with E-state index in [4.69, 9.17) is 11.6 Å². The van der Waals surface area contributed by atoms with E-state index in [1.165, 1.54) is 22.5 Å². The molecular weight excluding hydrogens is 344 g/mol. The minimum atomic E-state index is -3.83. The van der Waals surface area contributed by atoms with Gasteiger partial charge in [0.25, 0.3) is 0 Å². The van der Waals surface area contributed by atoms with Crippen molar-refractivity contribution in [3.05, 3.63) is 64.7 Å². The molecule has 1 saturated heterocycles. The lowest BCUT2D eigenvalue weighted by Gasteiger charge is -2.24. The van der Waals surface area contributed by atoms with Crippen LogP contribution in [0.5, 0.6) is 0 Å². The van der Waals surface area contributed by atoms with Gasteiger partial charge < -0.3 is 0 Å². The van der Waals surface area contributed by atoms with Crippen molar-refractivity contribution in [2.45, 2.75) is 23.8 Å². The fourth-order valence-electron chi connectivity index (χ4n) is 2.85. The third-order valence-electron chi connectivity index (χ3n) is 3.93. The van der Waals surface area contributed by atoms with Gasteiger partial charge in [-0.3, -0.25) is 0 Å². The van der Waals surface area contributed by atoms with E-state index >= 15 is 0 Å². The highest BCUT2D eigenvalue weighted by molar-refractivity contribution is 7.89. The lowest BCUT2D eigenvalue weighted by Crippen LogP contribution is -2.30. The van der Waals surface area contributed by atoms with Crippen molar-refractivity contribution in [2.24, 2.45) is 0 Å². The SMILES string of the molecule is O=S(=O)(c1ccc(F)c(Cl)c1)N1CCC[C@H]1c1cccc(F)c1. The Bertz CT molecular complexity index is 842. The van der Waals surface area contributed by atoms with Crippen molar-refractivity contribution >= 4 is 21.6 Å². The van der Waals surface area contributed by atoms with E-state index in [0.717, 1.165) is 12.1 Å². The average Bonchev–Trinajstić information content (AvgIpc) is 3.00. The summed E-state index contributed by atoms with van der Waals surface area (Å²) in [6.07, 6.45) is 1.28. The number of sulfonamides is 1. The van der Waals surface area contributed by atoms with Gasteiger partial charge in [-0.15, -0.1) is 0 Å². The zero-order valence-electron chi connectivity index (χ0n) is 12.0. The zero-order valence-corrected chi connectivity index (χ0v) is 13.6. The molecule has 122 valence electrons. The van der Waals surface area contributed by atoms with Gasteiger partial charge in [-0.25, -0.2) is 17.2 Å². The summed E-state index contributed by atoms with van der Waals surface area (Å²) >= 11 is 5.69. The predicted molar refractivity (Wildman–Crippen MR) is 83.7 cm³/mol. The summed E-state index contributed by atoms with van der Waals surface area (Å²) in [6.45, 7) is 0.332. The molecule has 3 nitrogen and oxygen atoms in total. The molecule has 7 heteroatoms. The van der Waals surface area contributed by atoms with E-state index in [2.05, 4.69) is 0 Å². The van der Waals surface area contributed by atoms with Crippen LogP contribution in [0.15, 0.2) is 47.4 Å². The van der Waals surface area contributed by atoms with Crippen LogP contribution >= 0.6 is 11.6 Å². The second-order valence-electron chi connectivity index (χ2n) is 5.40. The third-order valence-corrected chi connectivity index (χ3v) is 6.13. The summed E-state index contributed by atoms with van der Waals surface area (Å²) in [7, 11) is -3.83. The summed E-state index contributed by atoms with van der Waals surface area (Å²) in [5.41, 5.74) is 0.610. The second-order valence-corrected chi connectivity index (χ2v) is 7.70. The molecule has 1 aliphatic rings. The molecule has 0 amide bonds. The van der Waals surface area contributed by atoms with Crippen LogP contribution in [0.1, 0.15) is 24.4 Å². The first-order valence-electron chi connectivity index (χ1n) is 7.12. The largest absolute Gasteiger partial charge is 0.243 e. The fraction of sp³-hybridized carbons (Fsp3) is 0.250. The van der Waals surface area contributed by atoms with Gasteiger partial charge in [0.15, 0.2) is 0 Å². The van der Waals surface area contributed by atoms with Gasteiger partial charge in [-0.05, 0) is 48.7 Å². The van der Waals surface area contributed by atoms with Crippen LogP contribution in [0.2, 0.25) is 5.02 Å². The molecule has 1 aliphatic heterocycles. The first-order valence-corrected chi connectivity index (χ1v) is 8.94. The molecule has 0 radical (unpaired) electrons. The van der Waals surface area contributed by atoms with Crippen LogP contribution in [0.3, 0.4) is 0 Å². The third kappa shape index (κ3) is 3.11. The predicted octanol–water partition coefficient (Wildman–Crippen LogP) is 4.14. The van der Waals surface area contributed by atoms with Crippen molar-refractivity contribution in [3.8, 4) is 0 Å². The maximum atomic E-state index is 13.4. The number of halogens is 3. The highest BCUT2D eigenvalue weighted by Crippen LogP contribution is 2.37. The Morgan fingerprint density at radius 2 is 1.91 bits per heavy atom. The molecule has 1 atom stereocenters. The maximum absolute atomic E-state index is 13.4. The number of hydrogen-bond acceptors (Lipinski definition) is 2. The number of rotatable bonds is 3. The molecule has 0 spiro atoms. The molecule has 2 aromatic rings. The molecular formula is C16H14ClF2NO2S. The summed E-state index contributed by atoms with van der Waals surface area (Å²) in [6, 6.07) is 8.82. The van der Waals surface area contributed by atoms with Gasteiger partial charge in [0.2, 0.25) is 10.0 Å². The first kappa shape index (κ1) is 16.4. The Balaban J connectivity index is 1.99. The molecule has 1 fully saturated rings. The summed E-state index contributed by atoms with van der Waals surface area (Å²) in [4.78, 5) is -0.0628. The molecule has 0 bridgehead atoms. The Labute approximate surface area is 138 Å². The molecule has 0 aliphatic carbocycles. The highest BCUT2D eigenvalue weighted by atomic mass is 35.5. The molecule has 0 saturated carbocycles. The van der Waals surface area contributed by atoms with Crippen LogP contribution in [-0.4, -0.2) is 19.3 Å². The lowest BCUT2D eigenvalue weighted by molar-refractivity contribution is 0.395. The van der Waals surface area contributed by atoms with Gasteiger partial charge in [0.1, 0.15) is 11.6 Å². The van der Waals surface area contributed by atoms with Gasteiger partial charge in [-0.1, -0.05) is 23.7 Å². The fourth-order valence-corrected chi connectivity index (χ4v) is 4.80. The minimum Gasteiger partial charge on any atom is -0.207 e. The van der Waals surface area contributed by atoms with Gasteiger partial charge in [-0.2, -0.15) is 4.31 Å². The average molecular weight is 358 g/mol. The number of hydrogen-bond donors (Lipinski definition) is 0. The Hall–Kier alpha value is -1.50. The van der Waals surface area contributed by atoms with Crippen molar-refractivity contribution in [3.63, 3.8) is 0 Å². The first-order chi connectivity index (χ1) is 10.9. The van der Waals surface area contributed by atoms with E-state index in [1.54, 1.807) is 12.1 Å². The summed E-state index contributed by atoms with van der Waals surface area (Å²) < 4.78 is 53.7. The van der Waals surface area contributed by atoms with Crippen LogP contribution in [0.25, 0.3) is 0 Å². The standard InChI is InChI=1S/C16H14ClF2NO2S/c17-14-10-13(6-7-15(14)19)23(21,22)20-8-2-5-16(20)11-3-1-4-12(18)9-11/h1,3-4,6-7,9-10,16H,2,5,8H2/t16-/m0/s1. The Kier molecular flexibility index (Phi) is 4.40. The summed E-state index contributed by atoms with van der Waals surface area (Å²) in [5, 5.41) is -0.243. The molecule has 3 rings (SSSR count). The summed E-state index contributed by atoms with van der Waals surface area (Å²) in [5.74, 6) is -1.08. The van der Waals surface area contributed by atoms with Crippen LogP contribution < -0.4 is 0 Å². The van der Waals surface area contributed by atoms with Gasteiger partial charge >= 0.3 is 0 Å². The minimum absolute atomic E-state index is 0.0628. The highest BCUT2D eigenvalue weighted by Gasteiger charge is 2.36. The van der Waals surface area contributed by atoms with Crippen molar-refractivity contribution in [1.82, 2.24) is 4.31 Å². The monoisotopic (exact) mass is 357 g/mol. The molecule has 0 N–H and O–H groups in total. The van der Waals surface area contributed by atoms with Crippen molar-refractivity contribution < 1.29 is 17.2 Å². The van der Waals surface area contributed by atoms with Gasteiger partial charge in [0.05, 0.1) is 16.0 Å². The van der Waals surface area contributed by atoms with Crippen molar-refractivity contribution in [1.29, 1.82) is 0 Å². The van der Waals surface area contributed by atoms with Crippen LogP contribution in [0, 0.1) is 11.6 Å². The van der Waals surface area contributed by atoms with E-state index in [0.29, 0.717) is 24.9 Å². The quantitative estimate of drug-likeness (QED) is 0.827. The normalized spacial score (nSPS) is 19.2. The maximum Gasteiger partial charge on any atom is 0.243 e. The smallest absolute Gasteiger partial charge is 0.207 e. The van der Waals surface area contributed by atoms with E-state index in [-0.39, 0.29) is 9.92 Å². The Morgan fingerprint density at radius 3 is 2.61 bits per heavy atom. The number of benzene rings is 2. The lowest BCUT2D eigenvalue weighted by atomic mass is 10.1. The van der Waals surface area contributed by atoms with E-state index in [1.807, 2.05) is 0 Å². The molecule has 0 aromatic heterocycles. The van der Waals surface area contributed by atoms with E-state index < -0.39 is 27.7 Å². The Morgan fingerprint density at radius 1 is 1.13 bits per heavy atom. The van der Waals surface area contributed by atoms with E-state index in [9.17, 15) is 17.2 Å². The molecule has 23 heavy (non-hydrogen) atoms. The molecule has 1 heterocycles. The van der Waals surface area contributed by atoms with Crippen LogP contribution in [0.4, 0.5) is 8.78 Å².